The maximum atomic E-state index is 13.4. The molecule has 2 nitrogen and oxygen atoms in total. The normalized spacial score (nSPS) is 10.4. The van der Waals surface area contributed by atoms with Crippen LogP contribution in [0.2, 0.25) is 0 Å². The molecule has 0 aromatic heterocycles. The van der Waals surface area contributed by atoms with E-state index < -0.39 is 0 Å². The number of hydrogen-bond acceptors (Lipinski definition) is 2. The van der Waals surface area contributed by atoms with Gasteiger partial charge in [0.1, 0.15) is 5.82 Å². The number of anilines is 1. The fourth-order valence-electron chi connectivity index (χ4n) is 1.56. The second-order valence-corrected chi connectivity index (χ2v) is 3.98. The highest BCUT2D eigenvalue weighted by molar-refractivity contribution is 5.46. The monoisotopic (exact) mass is 224 g/mol. The van der Waals surface area contributed by atoms with Crippen LogP contribution in [0.15, 0.2) is 24.3 Å². The zero-order valence-corrected chi connectivity index (χ0v) is 10.2. The van der Waals surface area contributed by atoms with Gasteiger partial charge in [-0.1, -0.05) is 25.5 Å². The molecule has 0 amide bonds. The third-order valence-electron chi connectivity index (χ3n) is 2.59. The topological polar surface area (TPSA) is 15.3 Å². The summed E-state index contributed by atoms with van der Waals surface area (Å²) in [6, 6.07) is 6.88. The van der Waals surface area contributed by atoms with Crippen molar-refractivity contribution < 1.29 is 4.39 Å². The van der Waals surface area contributed by atoms with Gasteiger partial charge in [0.05, 0.1) is 5.69 Å². The molecule has 1 aromatic rings. The van der Waals surface area contributed by atoms with Crippen LogP contribution in [0.5, 0.6) is 0 Å². The third-order valence-corrected chi connectivity index (χ3v) is 2.59. The largest absolute Gasteiger partial charge is 0.371 e. The summed E-state index contributed by atoms with van der Waals surface area (Å²) < 4.78 is 13.4. The average molecular weight is 224 g/mol. The number of hydrogen-bond donors (Lipinski definition) is 1. The lowest BCUT2D eigenvalue weighted by atomic mass is 10.3. The molecule has 0 fully saturated rings. The van der Waals surface area contributed by atoms with Crippen LogP contribution in [-0.2, 0) is 0 Å². The van der Waals surface area contributed by atoms with Crippen LogP contribution in [0.4, 0.5) is 10.1 Å². The van der Waals surface area contributed by atoms with Crippen molar-refractivity contribution in [2.75, 3.05) is 31.6 Å². The molecule has 1 aromatic carbocycles. The van der Waals surface area contributed by atoms with Crippen molar-refractivity contribution in [1.29, 1.82) is 0 Å². The molecule has 1 rings (SSSR count). The molecule has 0 saturated heterocycles. The fraction of sp³-hybridized carbons (Fsp3) is 0.538. The summed E-state index contributed by atoms with van der Waals surface area (Å²) in [7, 11) is 1.92. The summed E-state index contributed by atoms with van der Waals surface area (Å²) in [4.78, 5) is 1.94. The smallest absolute Gasteiger partial charge is 0.146 e. The molecule has 0 radical (unpaired) electrons. The molecule has 0 aliphatic carbocycles. The number of unbranched alkanes of at least 4 members (excludes halogenated alkanes) is 1. The molecule has 0 aliphatic rings. The molecule has 0 heterocycles. The molecule has 0 bridgehead atoms. The molecule has 3 heteroatoms. The molecule has 0 unspecified atom stereocenters. The Balaban J connectivity index is 2.30. The molecule has 0 aliphatic heterocycles. The zero-order valence-electron chi connectivity index (χ0n) is 10.2. The van der Waals surface area contributed by atoms with E-state index in [-0.39, 0.29) is 5.82 Å². The minimum Gasteiger partial charge on any atom is -0.371 e. The first-order valence-corrected chi connectivity index (χ1v) is 5.92. The van der Waals surface area contributed by atoms with E-state index in [1.807, 2.05) is 18.0 Å². The lowest BCUT2D eigenvalue weighted by Crippen LogP contribution is -2.30. The van der Waals surface area contributed by atoms with E-state index >= 15 is 0 Å². The van der Waals surface area contributed by atoms with E-state index in [4.69, 9.17) is 0 Å². The van der Waals surface area contributed by atoms with Crippen LogP contribution < -0.4 is 10.2 Å². The van der Waals surface area contributed by atoms with Crippen LogP contribution in [0.3, 0.4) is 0 Å². The summed E-state index contributed by atoms with van der Waals surface area (Å²) in [5.41, 5.74) is 0.666. The van der Waals surface area contributed by atoms with Crippen molar-refractivity contribution in [3.05, 3.63) is 30.1 Å². The Bertz CT molecular complexity index is 302. The Morgan fingerprint density at radius 2 is 2.00 bits per heavy atom. The van der Waals surface area contributed by atoms with Crippen LogP contribution >= 0.6 is 0 Å². The number of benzene rings is 1. The van der Waals surface area contributed by atoms with Gasteiger partial charge in [-0.15, -0.1) is 0 Å². The maximum absolute atomic E-state index is 13.4. The first-order chi connectivity index (χ1) is 7.75. The molecule has 90 valence electrons. The van der Waals surface area contributed by atoms with E-state index in [1.165, 1.54) is 18.9 Å². The first-order valence-electron chi connectivity index (χ1n) is 5.92. The van der Waals surface area contributed by atoms with Gasteiger partial charge < -0.3 is 10.2 Å². The van der Waals surface area contributed by atoms with Gasteiger partial charge in [0.25, 0.3) is 0 Å². The number of nitrogens with one attached hydrogen (secondary N) is 1. The number of halogens is 1. The molecular weight excluding hydrogens is 203 g/mol. The average Bonchev–Trinajstić information content (AvgIpc) is 2.29. The maximum Gasteiger partial charge on any atom is 0.146 e. The van der Waals surface area contributed by atoms with E-state index in [2.05, 4.69) is 12.2 Å². The van der Waals surface area contributed by atoms with Gasteiger partial charge in [-0.25, -0.2) is 4.39 Å². The van der Waals surface area contributed by atoms with Gasteiger partial charge in [0.2, 0.25) is 0 Å². The van der Waals surface area contributed by atoms with Crippen molar-refractivity contribution in [1.82, 2.24) is 5.32 Å². The van der Waals surface area contributed by atoms with E-state index in [9.17, 15) is 4.39 Å². The molecule has 0 spiro atoms. The lowest BCUT2D eigenvalue weighted by Gasteiger charge is -2.20. The van der Waals surface area contributed by atoms with Gasteiger partial charge in [-0.05, 0) is 25.1 Å². The van der Waals surface area contributed by atoms with Crippen molar-refractivity contribution >= 4 is 5.69 Å². The lowest BCUT2D eigenvalue weighted by molar-refractivity contribution is 0.610. The highest BCUT2D eigenvalue weighted by atomic mass is 19.1. The van der Waals surface area contributed by atoms with E-state index in [1.54, 1.807) is 12.1 Å². The quantitative estimate of drug-likeness (QED) is 0.716. The Morgan fingerprint density at radius 1 is 1.25 bits per heavy atom. The summed E-state index contributed by atoms with van der Waals surface area (Å²) in [6.45, 7) is 4.93. The summed E-state index contributed by atoms with van der Waals surface area (Å²) in [5, 5.41) is 3.34. The van der Waals surface area contributed by atoms with Gasteiger partial charge in [0.15, 0.2) is 0 Å². The number of nitrogens with zero attached hydrogens (tertiary/aromatic N) is 1. The minimum absolute atomic E-state index is 0.154. The zero-order chi connectivity index (χ0) is 11.8. The van der Waals surface area contributed by atoms with Crippen LogP contribution in [0.1, 0.15) is 19.8 Å². The summed E-state index contributed by atoms with van der Waals surface area (Å²) in [6.07, 6.45) is 2.40. The second-order valence-electron chi connectivity index (χ2n) is 3.98. The number of likely N-dealkylation sites (N-methyl/N-ethyl adjacent to an activating group) is 1. The number of para-hydroxylation sites is 1. The van der Waals surface area contributed by atoms with Gasteiger partial charge in [-0.2, -0.15) is 0 Å². The van der Waals surface area contributed by atoms with Crippen molar-refractivity contribution in [3.8, 4) is 0 Å². The Kier molecular flexibility index (Phi) is 5.86. The second kappa shape index (κ2) is 7.23. The Morgan fingerprint density at radius 3 is 2.69 bits per heavy atom. The highest BCUT2D eigenvalue weighted by Crippen LogP contribution is 2.16. The highest BCUT2D eigenvalue weighted by Gasteiger charge is 2.04. The first kappa shape index (κ1) is 13.0. The number of rotatable bonds is 7. The van der Waals surface area contributed by atoms with Gasteiger partial charge in [-0.3, -0.25) is 0 Å². The summed E-state index contributed by atoms with van der Waals surface area (Å²) >= 11 is 0. The van der Waals surface area contributed by atoms with Crippen LogP contribution in [0.25, 0.3) is 0 Å². The fourth-order valence-corrected chi connectivity index (χ4v) is 1.56. The van der Waals surface area contributed by atoms with Gasteiger partial charge in [0, 0.05) is 20.1 Å². The van der Waals surface area contributed by atoms with Crippen molar-refractivity contribution in [3.63, 3.8) is 0 Å². The molecule has 1 N–H and O–H groups in total. The Hall–Kier alpha value is -1.09. The molecule has 0 saturated carbocycles. The minimum atomic E-state index is -0.154. The summed E-state index contributed by atoms with van der Waals surface area (Å²) in [5.74, 6) is -0.154. The third kappa shape index (κ3) is 4.19. The molecular formula is C13H21FN2. The van der Waals surface area contributed by atoms with E-state index in [0.29, 0.717) is 5.69 Å². The van der Waals surface area contributed by atoms with Crippen LogP contribution in [-0.4, -0.2) is 26.7 Å². The SMILES string of the molecule is CCCCNCCN(C)c1ccccc1F. The van der Waals surface area contributed by atoms with Crippen molar-refractivity contribution in [2.45, 2.75) is 19.8 Å². The van der Waals surface area contributed by atoms with E-state index in [0.717, 1.165) is 19.6 Å². The predicted octanol–water partition coefficient (Wildman–Crippen LogP) is 2.65. The van der Waals surface area contributed by atoms with Crippen LogP contribution in [0, 0.1) is 5.82 Å². The standard InChI is InChI=1S/C13H21FN2/c1-3-4-9-15-10-11-16(2)13-8-6-5-7-12(13)14/h5-8,15H,3-4,9-11H2,1-2H3. The molecule has 0 atom stereocenters. The molecule has 16 heavy (non-hydrogen) atoms. The Labute approximate surface area is 97.5 Å². The van der Waals surface area contributed by atoms with Gasteiger partial charge >= 0.3 is 0 Å². The van der Waals surface area contributed by atoms with Crippen molar-refractivity contribution in [2.24, 2.45) is 0 Å². The predicted molar refractivity (Wildman–Crippen MR) is 67.4 cm³/mol.